The second kappa shape index (κ2) is 8.67. The maximum absolute atomic E-state index is 11.8. The Morgan fingerprint density at radius 1 is 1.48 bits per heavy atom. The van der Waals surface area contributed by atoms with Gasteiger partial charge in [-0.05, 0) is 38.7 Å². The number of rotatable bonds is 5. The number of methoxy groups -OCH3 is 1. The van der Waals surface area contributed by atoms with E-state index >= 15 is 0 Å². The van der Waals surface area contributed by atoms with Crippen LogP contribution in [0.3, 0.4) is 0 Å². The van der Waals surface area contributed by atoms with Crippen molar-refractivity contribution in [3.05, 3.63) is 27.9 Å². The minimum absolute atomic E-state index is 0.0655. The van der Waals surface area contributed by atoms with E-state index in [4.69, 9.17) is 26.3 Å². The largest absolute Gasteiger partial charge is 0.487 e. The van der Waals surface area contributed by atoms with Gasteiger partial charge in [0.2, 0.25) is 0 Å². The molecular weight excluding hydrogens is 390 g/mol. The van der Waals surface area contributed by atoms with Gasteiger partial charge < -0.3 is 14.7 Å². The van der Waals surface area contributed by atoms with E-state index < -0.39 is 0 Å². The fourth-order valence-electron chi connectivity index (χ4n) is 3.20. The monoisotopic (exact) mass is 409 g/mol. The van der Waals surface area contributed by atoms with E-state index in [-0.39, 0.29) is 18.0 Å². The third-order valence-corrected chi connectivity index (χ3v) is 5.79. The molecule has 2 aromatic rings. The van der Waals surface area contributed by atoms with E-state index in [0.717, 1.165) is 24.1 Å². The molecule has 0 radical (unpaired) electrons. The Balaban J connectivity index is 1.77. The highest BCUT2D eigenvalue weighted by Crippen LogP contribution is 2.34. The summed E-state index contributed by atoms with van der Waals surface area (Å²) in [7, 11) is 1.41. The lowest BCUT2D eigenvalue weighted by atomic mass is 9.87. The maximum atomic E-state index is 11.8. The van der Waals surface area contributed by atoms with Crippen molar-refractivity contribution in [1.29, 1.82) is 0 Å². The van der Waals surface area contributed by atoms with E-state index in [1.165, 1.54) is 24.7 Å². The van der Waals surface area contributed by atoms with Crippen LogP contribution in [-0.2, 0) is 9.53 Å². The molecule has 9 heteroatoms. The van der Waals surface area contributed by atoms with Crippen molar-refractivity contribution < 1.29 is 19.5 Å². The normalized spacial score (nSPS) is 20.0. The van der Waals surface area contributed by atoms with Crippen molar-refractivity contribution in [1.82, 2.24) is 9.97 Å². The predicted octanol–water partition coefficient (Wildman–Crippen LogP) is 4.09. The third kappa shape index (κ3) is 4.56. The van der Waals surface area contributed by atoms with Crippen molar-refractivity contribution >= 4 is 35.1 Å². The molecule has 1 aliphatic carbocycles. The van der Waals surface area contributed by atoms with Gasteiger partial charge in [0.15, 0.2) is 11.6 Å². The summed E-state index contributed by atoms with van der Waals surface area (Å²) >= 11 is 7.37. The summed E-state index contributed by atoms with van der Waals surface area (Å²) in [6, 6.07) is 1.69. The highest BCUT2D eigenvalue weighted by atomic mass is 35.5. The smallest absolute Gasteiger partial charge is 0.308 e. The van der Waals surface area contributed by atoms with Gasteiger partial charge in [0.25, 0.3) is 0 Å². The van der Waals surface area contributed by atoms with Crippen LogP contribution < -0.4 is 4.74 Å². The SMILES string of the molecule is COC(=O)[C@H]1CCC[C@H](Oc2cnc(-c3sc(Cl)cc3/C=N/O)nc2C)C1. The van der Waals surface area contributed by atoms with Gasteiger partial charge in [0, 0.05) is 5.56 Å². The Morgan fingerprint density at radius 3 is 3.00 bits per heavy atom. The number of oxime groups is 1. The Labute approximate surface area is 166 Å². The molecule has 0 aliphatic heterocycles. The molecule has 2 aromatic heterocycles. The summed E-state index contributed by atoms with van der Waals surface area (Å²) in [5, 5.41) is 11.9. The predicted molar refractivity (Wildman–Crippen MR) is 103 cm³/mol. The van der Waals surface area contributed by atoms with Crippen LogP contribution in [0.4, 0.5) is 0 Å². The first-order chi connectivity index (χ1) is 13.0. The molecular formula is C18H20ClN3O4S. The maximum Gasteiger partial charge on any atom is 0.308 e. The fourth-order valence-corrected chi connectivity index (χ4v) is 4.35. The minimum atomic E-state index is -0.181. The number of aromatic nitrogens is 2. The van der Waals surface area contributed by atoms with E-state index in [1.807, 2.05) is 6.92 Å². The molecule has 0 spiro atoms. The van der Waals surface area contributed by atoms with Gasteiger partial charge in [-0.3, -0.25) is 4.79 Å². The van der Waals surface area contributed by atoms with E-state index in [1.54, 1.807) is 12.3 Å². The Kier molecular flexibility index (Phi) is 6.28. The molecule has 0 amide bonds. The van der Waals surface area contributed by atoms with Gasteiger partial charge in [-0.25, -0.2) is 9.97 Å². The van der Waals surface area contributed by atoms with Crippen LogP contribution in [0.15, 0.2) is 17.4 Å². The van der Waals surface area contributed by atoms with Crippen LogP contribution in [0, 0.1) is 12.8 Å². The molecule has 0 aromatic carbocycles. The van der Waals surface area contributed by atoms with Crippen molar-refractivity contribution in [2.24, 2.45) is 11.1 Å². The van der Waals surface area contributed by atoms with Crippen molar-refractivity contribution in [3.8, 4) is 16.5 Å². The number of hydrogen-bond acceptors (Lipinski definition) is 8. The zero-order chi connectivity index (χ0) is 19.4. The first kappa shape index (κ1) is 19.6. The zero-order valence-electron chi connectivity index (χ0n) is 15.0. The standard InChI is InChI=1S/C18H20ClN3O4S/c1-10-14(26-13-5-3-4-11(6-13)18(23)25-2)9-20-17(22-10)16-12(8-21-24)7-15(19)27-16/h7-9,11,13,24H,3-6H2,1-2H3/b21-8+/t11-,13-/m0/s1. The van der Waals surface area contributed by atoms with Crippen molar-refractivity contribution in [3.63, 3.8) is 0 Å². The number of nitrogens with zero attached hydrogens (tertiary/aromatic N) is 3. The molecule has 7 nitrogen and oxygen atoms in total. The van der Waals surface area contributed by atoms with Crippen LogP contribution >= 0.6 is 22.9 Å². The lowest BCUT2D eigenvalue weighted by molar-refractivity contribution is -0.147. The first-order valence-corrected chi connectivity index (χ1v) is 9.76. The molecule has 1 saturated carbocycles. The number of aryl methyl sites for hydroxylation is 1. The Morgan fingerprint density at radius 2 is 2.30 bits per heavy atom. The summed E-state index contributed by atoms with van der Waals surface area (Å²) in [6.45, 7) is 1.84. The summed E-state index contributed by atoms with van der Waals surface area (Å²) in [6.07, 6.45) is 6.12. The topological polar surface area (TPSA) is 93.9 Å². The quantitative estimate of drug-likeness (QED) is 0.346. The Bertz CT molecular complexity index is 855. The van der Waals surface area contributed by atoms with Crippen LogP contribution in [0.5, 0.6) is 5.75 Å². The molecule has 144 valence electrons. The van der Waals surface area contributed by atoms with E-state index in [0.29, 0.717) is 33.6 Å². The summed E-state index contributed by atoms with van der Waals surface area (Å²) in [5.74, 6) is 0.777. The average Bonchev–Trinajstić information content (AvgIpc) is 3.03. The number of carbonyl (C=O) groups is 1. The first-order valence-electron chi connectivity index (χ1n) is 8.57. The van der Waals surface area contributed by atoms with Crippen LogP contribution in [0.1, 0.15) is 36.9 Å². The highest BCUT2D eigenvalue weighted by Gasteiger charge is 2.29. The van der Waals surface area contributed by atoms with Crippen molar-refractivity contribution in [2.45, 2.75) is 38.7 Å². The number of esters is 1. The second-order valence-corrected chi connectivity index (χ2v) is 8.03. The highest BCUT2D eigenvalue weighted by molar-refractivity contribution is 7.19. The van der Waals surface area contributed by atoms with E-state index in [2.05, 4.69) is 15.1 Å². The molecule has 27 heavy (non-hydrogen) atoms. The van der Waals surface area contributed by atoms with Crippen LogP contribution in [-0.4, -0.2) is 40.6 Å². The third-order valence-electron chi connectivity index (χ3n) is 4.52. The van der Waals surface area contributed by atoms with Crippen molar-refractivity contribution in [2.75, 3.05) is 7.11 Å². The fraction of sp³-hybridized carbons (Fsp3) is 0.444. The lowest BCUT2D eigenvalue weighted by Crippen LogP contribution is -2.30. The molecule has 3 rings (SSSR count). The number of ether oxygens (including phenoxy) is 2. The molecule has 0 unspecified atom stereocenters. The lowest BCUT2D eigenvalue weighted by Gasteiger charge is -2.28. The number of carbonyl (C=O) groups excluding carboxylic acids is 1. The minimum Gasteiger partial charge on any atom is -0.487 e. The molecule has 0 saturated heterocycles. The molecule has 2 heterocycles. The zero-order valence-corrected chi connectivity index (χ0v) is 16.6. The van der Waals surface area contributed by atoms with E-state index in [9.17, 15) is 4.79 Å². The number of halogens is 1. The van der Waals surface area contributed by atoms with Gasteiger partial charge in [0.05, 0.1) is 46.5 Å². The Hall–Kier alpha value is -2.19. The molecule has 1 N–H and O–H groups in total. The number of hydrogen-bond donors (Lipinski definition) is 1. The van der Waals surface area contributed by atoms with Crippen LogP contribution in [0.2, 0.25) is 4.34 Å². The molecule has 0 bridgehead atoms. The molecule has 1 fully saturated rings. The average molecular weight is 410 g/mol. The molecule has 1 aliphatic rings. The summed E-state index contributed by atoms with van der Waals surface area (Å²) in [5.41, 5.74) is 1.34. The summed E-state index contributed by atoms with van der Waals surface area (Å²) < 4.78 is 11.5. The van der Waals surface area contributed by atoms with Gasteiger partial charge in [-0.1, -0.05) is 16.8 Å². The van der Waals surface area contributed by atoms with Gasteiger partial charge in [0.1, 0.15) is 0 Å². The van der Waals surface area contributed by atoms with Gasteiger partial charge >= 0.3 is 5.97 Å². The number of thiophene rings is 1. The van der Waals surface area contributed by atoms with Gasteiger partial charge in [-0.2, -0.15) is 0 Å². The van der Waals surface area contributed by atoms with Gasteiger partial charge in [-0.15, -0.1) is 11.3 Å². The summed E-state index contributed by atoms with van der Waals surface area (Å²) in [4.78, 5) is 21.4. The molecule has 2 atom stereocenters. The second-order valence-electron chi connectivity index (χ2n) is 6.35. The van der Waals surface area contributed by atoms with Crippen LogP contribution in [0.25, 0.3) is 10.7 Å².